The lowest BCUT2D eigenvalue weighted by Crippen LogP contribution is -2.09. The molecule has 10 aromatic rings. The minimum absolute atomic E-state index is 0.858. The molecular weight excluding hydrogens is 655 g/mol. The van der Waals surface area contributed by atoms with Crippen molar-refractivity contribution in [2.75, 3.05) is 4.90 Å². The monoisotopic (exact) mass is 689 g/mol. The van der Waals surface area contributed by atoms with Crippen molar-refractivity contribution < 1.29 is 4.42 Å². The van der Waals surface area contributed by atoms with Gasteiger partial charge >= 0.3 is 0 Å². The van der Waals surface area contributed by atoms with E-state index >= 15 is 0 Å². The Labute approximate surface area is 314 Å². The van der Waals surface area contributed by atoms with Crippen molar-refractivity contribution in [2.24, 2.45) is 0 Å². The molecule has 1 heterocycles. The van der Waals surface area contributed by atoms with Gasteiger partial charge < -0.3 is 9.32 Å². The van der Waals surface area contributed by atoms with Gasteiger partial charge in [0.1, 0.15) is 11.2 Å². The van der Waals surface area contributed by atoms with Crippen LogP contribution >= 0.6 is 0 Å². The standard InChI is InChI=1S/C52H35NO/c1-5-18-36(19-6-1)38-32-39(44-27-14-13-26-43(44)37-20-7-2-8-21-37)34-40(33-38)47-35-48-51-49(53(41-22-9-3-10-23-41)42-24-11-4-12-25-42)30-17-31-50(51)54-52(48)46-29-16-15-28-45(46)47/h1-35H. The number of benzene rings is 9. The van der Waals surface area contributed by atoms with Gasteiger partial charge in [0.2, 0.25) is 0 Å². The van der Waals surface area contributed by atoms with Gasteiger partial charge in [-0.25, -0.2) is 0 Å². The van der Waals surface area contributed by atoms with Crippen LogP contribution in [0.15, 0.2) is 217 Å². The fourth-order valence-corrected chi connectivity index (χ4v) is 7.98. The molecule has 0 N–H and O–H groups in total. The van der Waals surface area contributed by atoms with Crippen LogP contribution in [0.25, 0.3) is 77.2 Å². The second kappa shape index (κ2) is 13.4. The van der Waals surface area contributed by atoms with E-state index in [1.807, 2.05) is 0 Å². The minimum Gasteiger partial charge on any atom is -0.455 e. The van der Waals surface area contributed by atoms with Crippen LogP contribution in [0.1, 0.15) is 0 Å². The molecule has 0 saturated carbocycles. The molecule has 0 unspecified atom stereocenters. The second-order valence-electron chi connectivity index (χ2n) is 13.7. The van der Waals surface area contributed by atoms with Crippen LogP contribution < -0.4 is 4.90 Å². The summed E-state index contributed by atoms with van der Waals surface area (Å²) in [4.78, 5) is 2.33. The zero-order valence-corrected chi connectivity index (χ0v) is 29.6. The van der Waals surface area contributed by atoms with Crippen LogP contribution in [-0.2, 0) is 0 Å². The van der Waals surface area contributed by atoms with Crippen LogP contribution in [0, 0.1) is 0 Å². The summed E-state index contributed by atoms with van der Waals surface area (Å²) in [6.07, 6.45) is 0. The molecule has 0 aliphatic rings. The molecule has 0 saturated heterocycles. The number of fused-ring (bicyclic) bond motifs is 5. The third kappa shape index (κ3) is 5.53. The maximum Gasteiger partial charge on any atom is 0.143 e. The molecule has 0 amide bonds. The summed E-state index contributed by atoms with van der Waals surface area (Å²) >= 11 is 0. The van der Waals surface area contributed by atoms with E-state index in [-0.39, 0.29) is 0 Å². The topological polar surface area (TPSA) is 16.4 Å². The fraction of sp³-hybridized carbons (Fsp3) is 0. The third-order valence-corrected chi connectivity index (χ3v) is 10.4. The summed E-state index contributed by atoms with van der Waals surface area (Å²) in [6, 6.07) is 75.8. The van der Waals surface area contributed by atoms with Crippen molar-refractivity contribution in [2.45, 2.75) is 0 Å². The summed E-state index contributed by atoms with van der Waals surface area (Å²) < 4.78 is 6.84. The highest BCUT2D eigenvalue weighted by atomic mass is 16.3. The van der Waals surface area contributed by atoms with E-state index in [4.69, 9.17) is 4.42 Å². The maximum atomic E-state index is 6.84. The number of hydrogen-bond acceptors (Lipinski definition) is 2. The summed E-state index contributed by atoms with van der Waals surface area (Å²) in [5, 5.41) is 4.42. The predicted molar refractivity (Wildman–Crippen MR) is 228 cm³/mol. The Morgan fingerprint density at radius 2 is 0.815 bits per heavy atom. The van der Waals surface area contributed by atoms with Crippen molar-refractivity contribution in [3.63, 3.8) is 0 Å². The molecule has 254 valence electrons. The fourth-order valence-electron chi connectivity index (χ4n) is 7.98. The van der Waals surface area contributed by atoms with E-state index in [2.05, 4.69) is 217 Å². The van der Waals surface area contributed by atoms with Gasteiger partial charge in [0, 0.05) is 22.1 Å². The third-order valence-electron chi connectivity index (χ3n) is 10.4. The quantitative estimate of drug-likeness (QED) is 0.166. The smallest absolute Gasteiger partial charge is 0.143 e. The first kappa shape index (κ1) is 31.6. The highest BCUT2D eigenvalue weighted by Crippen LogP contribution is 2.47. The molecule has 9 aromatic carbocycles. The zero-order valence-electron chi connectivity index (χ0n) is 29.6. The van der Waals surface area contributed by atoms with E-state index in [9.17, 15) is 0 Å². The molecule has 0 aliphatic carbocycles. The lowest BCUT2D eigenvalue weighted by molar-refractivity contribution is 0.672. The van der Waals surface area contributed by atoms with Gasteiger partial charge in [-0.3, -0.25) is 0 Å². The minimum atomic E-state index is 0.858. The highest BCUT2D eigenvalue weighted by molar-refractivity contribution is 6.22. The van der Waals surface area contributed by atoms with Crippen LogP contribution in [0.3, 0.4) is 0 Å². The summed E-state index contributed by atoms with van der Waals surface area (Å²) in [6.45, 7) is 0. The Bertz CT molecular complexity index is 2870. The number of rotatable bonds is 7. The normalized spacial score (nSPS) is 11.3. The average molecular weight is 690 g/mol. The number of furan rings is 1. The molecule has 0 spiro atoms. The van der Waals surface area contributed by atoms with Gasteiger partial charge in [-0.2, -0.15) is 0 Å². The first-order valence-electron chi connectivity index (χ1n) is 18.4. The van der Waals surface area contributed by atoms with E-state index in [1.54, 1.807) is 0 Å². The van der Waals surface area contributed by atoms with Crippen molar-refractivity contribution in [3.8, 4) is 44.5 Å². The SMILES string of the molecule is c1ccc(-c2cc(-c3ccccc3-c3ccccc3)cc(-c3cc4c(oc5cccc(N(c6ccccc6)c6ccccc6)c54)c4ccccc34)c2)cc1. The molecule has 0 atom stereocenters. The molecular formula is C52H35NO. The summed E-state index contributed by atoms with van der Waals surface area (Å²) in [5.41, 5.74) is 14.5. The lowest BCUT2D eigenvalue weighted by Gasteiger charge is -2.26. The summed E-state index contributed by atoms with van der Waals surface area (Å²) in [7, 11) is 0. The molecule has 2 heteroatoms. The lowest BCUT2D eigenvalue weighted by atomic mass is 9.88. The molecule has 0 aliphatic heterocycles. The Morgan fingerprint density at radius 1 is 0.315 bits per heavy atom. The average Bonchev–Trinajstić information content (AvgIpc) is 3.64. The zero-order chi connectivity index (χ0) is 35.8. The Balaban J connectivity index is 1.27. The van der Waals surface area contributed by atoms with Gasteiger partial charge in [-0.1, -0.05) is 152 Å². The number of nitrogens with zero attached hydrogens (tertiary/aromatic N) is 1. The van der Waals surface area contributed by atoms with E-state index in [0.29, 0.717) is 0 Å². The summed E-state index contributed by atoms with van der Waals surface area (Å²) in [5.74, 6) is 0. The van der Waals surface area contributed by atoms with Crippen LogP contribution in [0.2, 0.25) is 0 Å². The van der Waals surface area contributed by atoms with Gasteiger partial charge in [0.15, 0.2) is 0 Å². The van der Waals surface area contributed by atoms with E-state index < -0.39 is 0 Å². The van der Waals surface area contributed by atoms with Gasteiger partial charge in [-0.15, -0.1) is 0 Å². The molecule has 0 fully saturated rings. The largest absolute Gasteiger partial charge is 0.455 e. The highest BCUT2D eigenvalue weighted by Gasteiger charge is 2.22. The van der Waals surface area contributed by atoms with Crippen molar-refractivity contribution in [3.05, 3.63) is 212 Å². The molecule has 2 nitrogen and oxygen atoms in total. The van der Waals surface area contributed by atoms with Crippen molar-refractivity contribution >= 4 is 49.8 Å². The van der Waals surface area contributed by atoms with Crippen LogP contribution in [0.4, 0.5) is 17.1 Å². The molecule has 10 rings (SSSR count). The van der Waals surface area contributed by atoms with Crippen molar-refractivity contribution in [1.29, 1.82) is 0 Å². The number of hydrogen-bond donors (Lipinski definition) is 0. The molecule has 0 radical (unpaired) electrons. The Hall–Kier alpha value is -7.16. The van der Waals surface area contributed by atoms with Crippen LogP contribution in [-0.4, -0.2) is 0 Å². The van der Waals surface area contributed by atoms with Gasteiger partial charge in [-0.05, 0) is 111 Å². The molecule has 1 aromatic heterocycles. The van der Waals surface area contributed by atoms with E-state index in [0.717, 1.165) is 60.9 Å². The van der Waals surface area contributed by atoms with Crippen molar-refractivity contribution in [1.82, 2.24) is 0 Å². The molecule has 54 heavy (non-hydrogen) atoms. The Morgan fingerprint density at radius 3 is 1.46 bits per heavy atom. The second-order valence-corrected chi connectivity index (χ2v) is 13.7. The maximum absolute atomic E-state index is 6.84. The molecule has 0 bridgehead atoms. The first-order valence-corrected chi connectivity index (χ1v) is 18.4. The number of para-hydroxylation sites is 2. The van der Waals surface area contributed by atoms with Crippen LogP contribution in [0.5, 0.6) is 0 Å². The number of anilines is 3. The Kier molecular flexibility index (Phi) is 7.85. The van der Waals surface area contributed by atoms with E-state index in [1.165, 1.54) is 33.4 Å². The predicted octanol–water partition coefficient (Wildman–Crippen LogP) is 14.9. The van der Waals surface area contributed by atoms with Gasteiger partial charge in [0.25, 0.3) is 0 Å². The first-order chi connectivity index (χ1) is 26.8. The van der Waals surface area contributed by atoms with Gasteiger partial charge in [0.05, 0.1) is 11.1 Å².